The number of hydrogen-bond donors (Lipinski definition) is 1. The lowest BCUT2D eigenvalue weighted by atomic mass is 10.2. The molecular weight excluding hydrogens is 187 g/mol. The van der Waals surface area contributed by atoms with Crippen molar-refractivity contribution in [3.8, 4) is 0 Å². The molecule has 0 aliphatic heterocycles. The fourth-order valence-corrected chi connectivity index (χ4v) is 0.738. The summed E-state index contributed by atoms with van der Waals surface area (Å²) in [6.45, 7) is 0. The molecule has 0 unspecified atom stereocenters. The topological polar surface area (TPSA) is 50.2 Å². The fourth-order valence-electron chi connectivity index (χ4n) is 0.738. The van der Waals surface area contributed by atoms with Gasteiger partial charge in [-0.25, -0.2) is 22.9 Å². The van der Waals surface area contributed by atoms with Crippen molar-refractivity contribution in [2.45, 2.75) is 6.43 Å². The molecule has 1 aromatic rings. The Labute approximate surface area is 70.8 Å². The SMILES string of the molecule is O=C(O)c1cc(C(F)F)c(F)cn1. The van der Waals surface area contributed by atoms with E-state index in [1.165, 1.54) is 0 Å². The first-order chi connectivity index (χ1) is 6.02. The summed E-state index contributed by atoms with van der Waals surface area (Å²) in [6, 6.07) is 0.516. The first kappa shape index (κ1) is 9.50. The number of halogens is 3. The monoisotopic (exact) mass is 191 g/mol. The Morgan fingerprint density at radius 2 is 2.15 bits per heavy atom. The highest BCUT2D eigenvalue weighted by molar-refractivity contribution is 5.85. The Kier molecular flexibility index (Phi) is 2.50. The van der Waals surface area contributed by atoms with E-state index >= 15 is 0 Å². The van der Waals surface area contributed by atoms with E-state index in [-0.39, 0.29) is 0 Å². The van der Waals surface area contributed by atoms with Gasteiger partial charge in [0.2, 0.25) is 0 Å². The summed E-state index contributed by atoms with van der Waals surface area (Å²) < 4.78 is 36.6. The molecule has 0 spiro atoms. The van der Waals surface area contributed by atoms with Gasteiger partial charge in [-0.3, -0.25) is 0 Å². The molecule has 0 aliphatic carbocycles. The number of aromatic nitrogens is 1. The van der Waals surface area contributed by atoms with E-state index in [9.17, 15) is 18.0 Å². The Morgan fingerprint density at radius 3 is 2.62 bits per heavy atom. The quantitative estimate of drug-likeness (QED) is 0.776. The number of rotatable bonds is 2. The van der Waals surface area contributed by atoms with E-state index in [4.69, 9.17) is 5.11 Å². The molecule has 3 nitrogen and oxygen atoms in total. The first-order valence-electron chi connectivity index (χ1n) is 3.19. The van der Waals surface area contributed by atoms with Crippen LogP contribution in [0.15, 0.2) is 12.3 Å². The van der Waals surface area contributed by atoms with E-state index in [0.717, 1.165) is 0 Å². The van der Waals surface area contributed by atoms with Crippen LogP contribution >= 0.6 is 0 Å². The van der Waals surface area contributed by atoms with Crippen molar-refractivity contribution in [1.82, 2.24) is 4.98 Å². The molecule has 0 radical (unpaired) electrons. The Balaban J connectivity index is 3.19. The number of carboxylic acid groups (broad SMARTS) is 1. The predicted molar refractivity (Wildman–Crippen MR) is 36.1 cm³/mol. The van der Waals surface area contributed by atoms with E-state index in [0.29, 0.717) is 12.3 Å². The van der Waals surface area contributed by atoms with Gasteiger partial charge < -0.3 is 5.11 Å². The zero-order chi connectivity index (χ0) is 10.0. The maximum Gasteiger partial charge on any atom is 0.354 e. The number of nitrogens with zero attached hydrogens (tertiary/aromatic N) is 1. The third-order valence-corrected chi connectivity index (χ3v) is 1.34. The maximum absolute atomic E-state index is 12.5. The summed E-state index contributed by atoms with van der Waals surface area (Å²) in [4.78, 5) is 13.4. The van der Waals surface area contributed by atoms with Gasteiger partial charge in [-0.2, -0.15) is 0 Å². The largest absolute Gasteiger partial charge is 0.477 e. The summed E-state index contributed by atoms with van der Waals surface area (Å²) in [6.07, 6.45) is -2.58. The van der Waals surface area contributed by atoms with Gasteiger partial charge in [0, 0.05) is 0 Å². The van der Waals surface area contributed by atoms with Gasteiger partial charge >= 0.3 is 5.97 Å². The van der Waals surface area contributed by atoms with Crippen molar-refractivity contribution in [1.29, 1.82) is 0 Å². The lowest BCUT2D eigenvalue weighted by Crippen LogP contribution is -2.03. The summed E-state index contributed by atoms with van der Waals surface area (Å²) in [5, 5.41) is 8.35. The summed E-state index contributed by atoms with van der Waals surface area (Å²) in [5.74, 6) is -2.68. The highest BCUT2D eigenvalue weighted by atomic mass is 19.3. The number of aromatic carboxylic acids is 1. The molecule has 70 valence electrons. The second-order valence-electron chi connectivity index (χ2n) is 2.20. The van der Waals surface area contributed by atoms with Crippen LogP contribution in [0.5, 0.6) is 0 Å². The number of carbonyl (C=O) groups is 1. The molecule has 0 amide bonds. The standard InChI is InChI=1S/C7H4F3NO2/c8-4-2-11-5(7(12)13)1-3(4)6(9)10/h1-2,6H,(H,12,13). The van der Waals surface area contributed by atoms with Crippen LogP contribution in [0.2, 0.25) is 0 Å². The molecule has 6 heteroatoms. The van der Waals surface area contributed by atoms with Gasteiger partial charge in [-0.05, 0) is 6.07 Å². The molecule has 13 heavy (non-hydrogen) atoms. The van der Waals surface area contributed by atoms with E-state index in [1.807, 2.05) is 0 Å². The van der Waals surface area contributed by atoms with Gasteiger partial charge in [0.05, 0.1) is 11.8 Å². The van der Waals surface area contributed by atoms with Crippen molar-refractivity contribution in [3.05, 3.63) is 29.3 Å². The van der Waals surface area contributed by atoms with Gasteiger partial charge in [0.25, 0.3) is 6.43 Å². The highest BCUT2D eigenvalue weighted by Crippen LogP contribution is 2.21. The van der Waals surface area contributed by atoms with Gasteiger partial charge in [-0.15, -0.1) is 0 Å². The van der Waals surface area contributed by atoms with E-state index in [2.05, 4.69) is 4.98 Å². The second kappa shape index (κ2) is 3.42. The number of pyridine rings is 1. The van der Waals surface area contributed by atoms with Crippen LogP contribution in [0.25, 0.3) is 0 Å². The van der Waals surface area contributed by atoms with Gasteiger partial charge in [0.15, 0.2) is 0 Å². The van der Waals surface area contributed by atoms with Crippen LogP contribution in [0, 0.1) is 5.82 Å². The summed E-state index contributed by atoms with van der Waals surface area (Å²) in [5.41, 5.74) is -1.55. The van der Waals surface area contributed by atoms with E-state index in [1.54, 1.807) is 0 Å². The van der Waals surface area contributed by atoms with E-state index < -0.39 is 29.5 Å². The number of hydrogen-bond acceptors (Lipinski definition) is 2. The minimum atomic E-state index is -3.04. The zero-order valence-corrected chi connectivity index (χ0v) is 6.17. The van der Waals surface area contributed by atoms with Crippen LogP contribution in [0.1, 0.15) is 22.5 Å². The van der Waals surface area contributed by atoms with Crippen molar-refractivity contribution in [3.63, 3.8) is 0 Å². The molecule has 0 aromatic carbocycles. The Bertz CT molecular complexity index is 341. The minimum Gasteiger partial charge on any atom is -0.477 e. The van der Waals surface area contributed by atoms with Gasteiger partial charge in [0.1, 0.15) is 11.5 Å². The fraction of sp³-hybridized carbons (Fsp3) is 0.143. The third-order valence-electron chi connectivity index (χ3n) is 1.34. The Morgan fingerprint density at radius 1 is 1.54 bits per heavy atom. The smallest absolute Gasteiger partial charge is 0.354 e. The van der Waals surface area contributed by atoms with Crippen LogP contribution in [0.3, 0.4) is 0 Å². The molecule has 0 saturated heterocycles. The molecule has 0 saturated carbocycles. The van der Waals surface area contributed by atoms with Crippen LogP contribution in [-0.2, 0) is 0 Å². The second-order valence-corrected chi connectivity index (χ2v) is 2.20. The third kappa shape index (κ3) is 1.95. The molecule has 0 bridgehead atoms. The Hall–Kier alpha value is -1.59. The van der Waals surface area contributed by atoms with Crippen LogP contribution in [0.4, 0.5) is 13.2 Å². The average Bonchev–Trinajstić information content (AvgIpc) is 2.04. The molecule has 1 N–H and O–H groups in total. The molecule has 0 fully saturated rings. The van der Waals surface area contributed by atoms with Crippen molar-refractivity contribution in [2.75, 3.05) is 0 Å². The van der Waals surface area contributed by atoms with Crippen molar-refractivity contribution < 1.29 is 23.1 Å². The molecule has 0 aliphatic rings. The molecular formula is C7H4F3NO2. The van der Waals surface area contributed by atoms with Crippen molar-refractivity contribution in [2.24, 2.45) is 0 Å². The normalized spacial score (nSPS) is 10.5. The summed E-state index contributed by atoms with van der Waals surface area (Å²) in [7, 11) is 0. The predicted octanol–water partition coefficient (Wildman–Crippen LogP) is 1.86. The lowest BCUT2D eigenvalue weighted by Gasteiger charge is -2.01. The van der Waals surface area contributed by atoms with Crippen LogP contribution in [-0.4, -0.2) is 16.1 Å². The van der Waals surface area contributed by atoms with Gasteiger partial charge in [-0.1, -0.05) is 0 Å². The molecule has 1 rings (SSSR count). The molecule has 0 atom stereocenters. The number of carboxylic acids is 1. The first-order valence-corrected chi connectivity index (χ1v) is 3.19. The van der Waals surface area contributed by atoms with Crippen molar-refractivity contribution >= 4 is 5.97 Å². The molecule has 1 heterocycles. The minimum absolute atomic E-state index is 0.463. The average molecular weight is 191 g/mol. The highest BCUT2D eigenvalue weighted by Gasteiger charge is 2.16. The summed E-state index contributed by atoms with van der Waals surface area (Å²) >= 11 is 0. The lowest BCUT2D eigenvalue weighted by molar-refractivity contribution is 0.0689. The van der Waals surface area contributed by atoms with Crippen LogP contribution < -0.4 is 0 Å². The molecule has 1 aromatic heterocycles. The number of alkyl halides is 2. The zero-order valence-electron chi connectivity index (χ0n) is 6.17. The maximum atomic E-state index is 12.5.